The van der Waals surface area contributed by atoms with Crippen LogP contribution in [-0.4, -0.2) is 26.7 Å². The lowest BCUT2D eigenvalue weighted by Crippen LogP contribution is -2.23. The molecule has 1 aromatic heterocycles. The summed E-state index contributed by atoms with van der Waals surface area (Å²) in [5.41, 5.74) is 5.39. The number of fused-ring (bicyclic) bond motifs is 1. The van der Waals surface area contributed by atoms with Gasteiger partial charge in [0.1, 0.15) is 17.1 Å². The smallest absolute Gasteiger partial charge is 0.244 e. The van der Waals surface area contributed by atoms with E-state index in [1.54, 1.807) is 26.6 Å². The number of carbonyl (C=O) groups is 1. The Bertz CT molecular complexity index is 1290. The summed E-state index contributed by atoms with van der Waals surface area (Å²) >= 11 is 0. The minimum atomic E-state index is -0.136. The van der Waals surface area contributed by atoms with Crippen molar-refractivity contribution in [3.05, 3.63) is 90.2 Å². The highest BCUT2D eigenvalue weighted by atomic mass is 16.5. The van der Waals surface area contributed by atoms with Gasteiger partial charge in [0.05, 0.1) is 20.5 Å². The number of amides is 1. The van der Waals surface area contributed by atoms with E-state index in [1.807, 2.05) is 61.5 Å². The van der Waals surface area contributed by atoms with Gasteiger partial charge in [-0.2, -0.15) is 0 Å². The number of para-hydroxylation sites is 1. The van der Waals surface area contributed by atoms with Crippen LogP contribution in [0.15, 0.2) is 83.5 Å². The summed E-state index contributed by atoms with van der Waals surface area (Å²) in [6, 6.07) is 21.8. The summed E-state index contributed by atoms with van der Waals surface area (Å²) < 4.78 is 17.0. The molecule has 0 spiro atoms. The average molecular weight is 442 g/mol. The Morgan fingerprint density at radius 1 is 0.939 bits per heavy atom. The first-order valence-corrected chi connectivity index (χ1v) is 10.8. The molecule has 0 radical (unpaired) electrons. The van der Waals surface area contributed by atoms with E-state index in [-0.39, 0.29) is 5.91 Å². The normalized spacial score (nSPS) is 11.4. The Morgan fingerprint density at radius 2 is 1.67 bits per heavy atom. The number of rotatable bonds is 8. The van der Waals surface area contributed by atoms with Gasteiger partial charge in [0.2, 0.25) is 5.91 Å². The number of allylic oxidation sites excluding steroid dienone is 1. The first-order chi connectivity index (χ1) is 16.1. The maximum Gasteiger partial charge on any atom is 0.244 e. The summed E-state index contributed by atoms with van der Waals surface area (Å²) in [6.45, 7) is 2.48. The number of ether oxygens (including phenoxy) is 2. The topological polar surface area (TPSA) is 60.7 Å². The first kappa shape index (κ1) is 22.2. The molecule has 0 bridgehead atoms. The Kier molecular flexibility index (Phi) is 6.79. The number of hydrogen-bond donors (Lipinski definition) is 1. The fraction of sp³-hybridized carbons (Fsp3) is 0.179. The molecule has 0 atom stereocenters. The lowest BCUT2D eigenvalue weighted by atomic mass is 9.98. The van der Waals surface area contributed by atoms with Crippen molar-refractivity contribution in [3.8, 4) is 22.6 Å². The van der Waals surface area contributed by atoms with Crippen LogP contribution in [0.4, 0.5) is 0 Å². The van der Waals surface area contributed by atoms with E-state index in [0.29, 0.717) is 17.9 Å². The van der Waals surface area contributed by atoms with Gasteiger partial charge in [0, 0.05) is 40.8 Å². The van der Waals surface area contributed by atoms with Crippen molar-refractivity contribution in [2.75, 3.05) is 20.8 Å². The third kappa shape index (κ3) is 4.93. The molecule has 4 rings (SSSR count). The summed E-state index contributed by atoms with van der Waals surface area (Å²) in [5, 5.41) is 3.89. The second-order valence-corrected chi connectivity index (χ2v) is 7.75. The molecule has 3 aromatic carbocycles. The van der Waals surface area contributed by atoms with Gasteiger partial charge in [0.15, 0.2) is 0 Å². The van der Waals surface area contributed by atoms with E-state index in [2.05, 4.69) is 17.4 Å². The number of methoxy groups -OCH3 is 2. The second kappa shape index (κ2) is 10.1. The minimum Gasteiger partial charge on any atom is -0.496 e. The standard InChI is InChI=1S/C28H27NO4/c1-19(15-28(30)29-14-13-20-9-5-4-6-10-20)22-16-23-24(18-33-27(23)17-26(22)32-3)21-11-7-8-12-25(21)31-2/h4-12,15-18H,13-14H2,1-3H3,(H,29,30)/b19-15+. The molecule has 0 saturated carbocycles. The third-order valence-corrected chi connectivity index (χ3v) is 5.62. The van der Waals surface area contributed by atoms with E-state index in [9.17, 15) is 4.79 Å². The fourth-order valence-electron chi connectivity index (χ4n) is 3.91. The molecule has 0 saturated heterocycles. The molecule has 168 valence electrons. The highest BCUT2D eigenvalue weighted by molar-refractivity contribution is 6.01. The number of carbonyl (C=O) groups excluding carboxylic acids is 1. The summed E-state index contributed by atoms with van der Waals surface area (Å²) in [5.74, 6) is 1.28. The molecule has 4 aromatic rings. The van der Waals surface area contributed by atoms with Crippen LogP contribution in [0.1, 0.15) is 18.1 Å². The maximum atomic E-state index is 12.5. The van der Waals surface area contributed by atoms with Gasteiger partial charge in [-0.15, -0.1) is 0 Å². The van der Waals surface area contributed by atoms with Gasteiger partial charge in [-0.05, 0) is 36.6 Å². The average Bonchev–Trinajstić information content (AvgIpc) is 3.26. The second-order valence-electron chi connectivity index (χ2n) is 7.75. The number of benzene rings is 3. The van der Waals surface area contributed by atoms with E-state index in [0.717, 1.165) is 39.8 Å². The monoisotopic (exact) mass is 441 g/mol. The minimum absolute atomic E-state index is 0.136. The molecular formula is C28H27NO4. The quantitative estimate of drug-likeness (QED) is 0.347. The van der Waals surface area contributed by atoms with Crippen molar-refractivity contribution >= 4 is 22.4 Å². The Labute approximate surface area is 193 Å². The molecule has 0 unspecified atom stereocenters. The lowest BCUT2D eigenvalue weighted by molar-refractivity contribution is -0.116. The zero-order valence-electron chi connectivity index (χ0n) is 19.1. The molecular weight excluding hydrogens is 414 g/mol. The highest BCUT2D eigenvalue weighted by Crippen LogP contribution is 2.40. The number of nitrogens with one attached hydrogen (secondary N) is 1. The van der Waals surface area contributed by atoms with Crippen LogP contribution in [0, 0.1) is 0 Å². The van der Waals surface area contributed by atoms with E-state index >= 15 is 0 Å². The Balaban J connectivity index is 1.61. The van der Waals surface area contributed by atoms with Gasteiger partial charge in [-0.3, -0.25) is 4.79 Å². The van der Waals surface area contributed by atoms with Gasteiger partial charge < -0.3 is 19.2 Å². The predicted octanol–water partition coefficient (Wildman–Crippen LogP) is 5.88. The van der Waals surface area contributed by atoms with Gasteiger partial charge in [-0.1, -0.05) is 48.5 Å². The van der Waals surface area contributed by atoms with Crippen molar-refractivity contribution in [1.82, 2.24) is 5.32 Å². The lowest BCUT2D eigenvalue weighted by Gasteiger charge is -2.11. The maximum absolute atomic E-state index is 12.5. The highest BCUT2D eigenvalue weighted by Gasteiger charge is 2.16. The van der Waals surface area contributed by atoms with Crippen molar-refractivity contribution in [1.29, 1.82) is 0 Å². The molecule has 33 heavy (non-hydrogen) atoms. The molecule has 1 heterocycles. The van der Waals surface area contributed by atoms with E-state index in [1.165, 1.54) is 5.56 Å². The van der Waals surface area contributed by atoms with Crippen molar-refractivity contribution in [2.24, 2.45) is 0 Å². The van der Waals surface area contributed by atoms with Crippen LogP contribution in [0.25, 0.3) is 27.7 Å². The van der Waals surface area contributed by atoms with Gasteiger partial charge >= 0.3 is 0 Å². The molecule has 5 nitrogen and oxygen atoms in total. The summed E-state index contributed by atoms with van der Waals surface area (Å²) in [7, 11) is 3.26. The predicted molar refractivity (Wildman–Crippen MR) is 132 cm³/mol. The third-order valence-electron chi connectivity index (χ3n) is 5.62. The van der Waals surface area contributed by atoms with E-state index < -0.39 is 0 Å². The molecule has 0 fully saturated rings. The largest absolute Gasteiger partial charge is 0.496 e. The van der Waals surface area contributed by atoms with Crippen molar-refractivity contribution in [2.45, 2.75) is 13.3 Å². The molecule has 1 N–H and O–H groups in total. The molecule has 1 amide bonds. The van der Waals surface area contributed by atoms with Crippen molar-refractivity contribution < 1.29 is 18.7 Å². The number of hydrogen-bond acceptors (Lipinski definition) is 4. The number of furan rings is 1. The van der Waals surface area contributed by atoms with E-state index in [4.69, 9.17) is 13.9 Å². The first-order valence-electron chi connectivity index (χ1n) is 10.8. The summed E-state index contributed by atoms with van der Waals surface area (Å²) in [4.78, 5) is 12.5. The van der Waals surface area contributed by atoms with Gasteiger partial charge in [0.25, 0.3) is 0 Å². The van der Waals surface area contributed by atoms with Crippen LogP contribution in [0.5, 0.6) is 11.5 Å². The van der Waals surface area contributed by atoms with Gasteiger partial charge in [-0.25, -0.2) is 0 Å². The van der Waals surface area contributed by atoms with Crippen LogP contribution in [0.2, 0.25) is 0 Å². The zero-order chi connectivity index (χ0) is 23.2. The van der Waals surface area contributed by atoms with Crippen LogP contribution < -0.4 is 14.8 Å². The van der Waals surface area contributed by atoms with Crippen LogP contribution >= 0.6 is 0 Å². The molecule has 5 heteroatoms. The zero-order valence-corrected chi connectivity index (χ0v) is 19.1. The van der Waals surface area contributed by atoms with Crippen LogP contribution in [0.3, 0.4) is 0 Å². The molecule has 0 aliphatic carbocycles. The Hall–Kier alpha value is -3.99. The molecule has 0 aliphatic rings. The fourth-order valence-corrected chi connectivity index (χ4v) is 3.91. The summed E-state index contributed by atoms with van der Waals surface area (Å²) in [6.07, 6.45) is 4.12. The van der Waals surface area contributed by atoms with Crippen LogP contribution in [-0.2, 0) is 11.2 Å². The SMILES string of the molecule is COc1cc2occ(-c3ccccc3OC)c2cc1/C(C)=C/C(=O)NCCc1ccccc1. The van der Waals surface area contributed by atoms with Crippen molar-refractivity contribution in [3.63, 3.8) is 0 Å². The Morgan fingerprint density at radius 3 is 2.42 bits per heavy atom. The molecule has 0 aliphatic heterocycles.